The van der Waals surface area contributed by atoms with E-state index in [1.807, 2.05) is 31.2 Å². The lowest BCUT2D eigenvalue weighted by Crippen LogP contribution is -2.29. The molecule has 1 aliphatic rings. The topological polar surface area (TPSA) is 106 Å². The summed E-state index contributed by atoms with van der Waals surface area (Å²) in [6, 6.07) is 15.4. The lowest BCUT2D eigenvalue weighted by molar-refractivity contribution is -0.132. The summed E-state index contributed by atoms with van der Waals surface area (Å²) < 4.78 is 13.5. The van der Waals surface area contributed by atoms with E-state index in [4.69, 9.17) is 14.5 Å². The summed E-state index contributed by atoms with van der Waals surface area (Å²) in [5.74, 6) is -0.992. The summed E-state index contributed by atoms with van der Waals surface area (Å²) in [5.41, 5.74) is 3.73. The van der Waals surface area contributed by atoms with Crippen molar-refractivity contribution in [2.45, 2.75) is 19.9 Å². The largest absolute Gasteiger partial charge is 0.505 e. The molecule has 1 N–H and O–H groups in total. The van der Waals surface area contributed by atoms with Gasteiger partial charge in [-0.1, -0.05) is 29.5 Å². The van der Waals surface area contributed by atoms with E-state index in [-0.39, 0.29) is 11.3 Å². The van der Waals surface area contributed by atoms with Gasteiger partial charge in [-0.2, -0.15) is 0 Å². The number of nitrogens with zero attached hydrogens (tertiary/aromatic N) is 4. The molecule has 4 heterocycles. The molecule has 1 aliphatic heterocycles. The first-order chi connectivity index (χ1) is 18.8. The number of carbonyl (C=O) groups is 2. The van der Waals surface area contributed by atoms with E-state index in [1.165, 1.54) is 30.5 Å². The molecule has 0 radical (unpaired) electrons. The van der Waals surface area contributed by atoms with Gasteiger partial charge in [0.2, 0.25) is 0 Å². The number of carbonyl (C=O) groups excluding carboxylic acids is 2. The number of aliphatic hydroxyl groups is 1. The quantitative estimate of drug-likeness (QED) is 0.185. The first-order valence-electron chi connectivity index (χ1n) is 12.2. The third kappa shape index (κ3) is 3.83. The number of methoxy groups -OCH3 is 2. The van der Waals surface area contributed by atoms with Gasteiger partial charge in [0.25, 0.3) is 5.78 Å². The Balaban J connectivity index is 1.62. The van der Waals surface area contributed by atoms with Gasteiger partial charge in [0.15, 0.2) is 22.4 Å². The SMILES string of the molecule is COc1ccc(C2C(=C(O)c3c(C)nc4ccccn34)C(=O)C(=O)N2c2nc3ccc(C)cc3s2)cc1OC. The molecule has 3 aromatic heterocycles. The Labute approximate surface area is 227 Å². The Morgan fingerprint density at radius 3 is 2.54 bits per heavy atom. The molecule has 0 aliphatic carbocycles. The van der Waals surface area contributed by atoms with Crippen LogP contribution in [0.25, 0.3) is 21.6 Å². The molecule has 196 valence electrons. The van der Waals surface area contributed by atoms with E-state index >= 15 is 0 Å². The normalized spacial score (nSPS) is 16.9. The van der Waals surface area contributed by atoms with Gasteiger partial charge in [-0.3, -0.25) is 18.9 Å². The number of pyridine rings is 1. The van der Waals surface area contributed by atoms with E-state index in [9.17, 15) is 14.7 Å². The van der Waals surface area contributed by atoms with Gasteiger partial charge in [0.05, 0.1) is 41.7 Å². The Kier molecular flexibility index (Phi) is 5.84. The predicted molar refractivity (Wildman–Crippen MR) is 149 cm³/mol. The number of ether oxygens (including phenoxy) is 2. The highest BCUT2D eigenvalue weighted by molar-refractivity contribution is 7.22. The minimum Gasteiger partial charge on any atom is -0.505 e. The molecule has 10 heteroatoms. The molecular weight excluding hydrogens is 516 g/mol. The van der Waals surface area contributed by atoms with Crippen LogP contribution in [0.15, 0.2) is 66.4 Å². The van der Waals surface area contributed by atoms with Crippen LogP contribution in [0.4, 0.5) is 5.13 Å². The van der Waals surface area contributed by atoms with Gasteiger partial charge in [0.1, 0.15) is 11.3 Å². The number of thiazole rings is 1. The molecule has 9 nitrogen and oxygen atoms in total. The number of hydrogen-bond acceptors (Lipinski definition) is 8. The van der Waals surface area contributed by atoms with Crippen molar-refractivity contribution in [3.05, 3.63) is 88.9 Å². The van der Waals surface area contributed by atoms with Crippen LogP contribution in [-0.2, 0) is 9.59 Å². The number of ketones is 1. The van der Waals surface area contributed by atoms with Crippen LogP contribution >= 0.6 is 11.3 Å². The van der Waals surface area contributed by atoms with Crippen molar-refractivity contribution in [2.75, 3.05) is 19.1 Å². The van der Waals surface area contributed by atoms with E-state index in [1.54, 1.807) is 47.9 Å². The van der Waals surface area contributed by atoms with Crippen molar-refractivity contribution in [2.24, 2.45) is 0 Å². The number of hydrogen-bond donors (Lipinski definition) is 1. The molecule has 1 atom stereocenters. The number of aromatic nitrogens is 3. The standard InChI is InChI=1S/C29H24N4O5S/c1-15-8-10-18-21(13-15)39-29(31-18)33-25(17-9-11-19(37-3)20(14-17)38-4)23(27(35)28(33)36)26(34)24-16(2)30-22-7-5-6-12-32(22)24/h5-14,25,34H,1-4H3. The monoisotopic (exact) mass is 540 g/mol. The summed E-state index contributed by atoms with van der Waals surface area (Å²) in [6.07, 6.45) is 1.75. The zero-order valence-corrected chi connectivity index (χ0v) is 22.4. The summed E-state index contributed by atoms with van der Waals surface area (Å²) in [5, 5.41) is 12.1. The number of aliphatic hydroxyl groups excluding tert-OH is 1. The molecule has 0 spiro atoms. The fourth-order valence-electron chi connectivity index (χ4n) is 5.02. The van der Waals surface area contributed by atoms with E-state index < -0.39 is 17.7 Å². The van der Waals surface area contributed by atoms with Crippen LogP contribution in [0.1, 0.15) is 28.6 Å². The molecule has 5 aromatic rings. The van der Waals surface area contributed by atoms with Crippen LogP contribution in [0.3, 0.4) is 0 Å². The van der Waals surface area contributed by atoms with Gasteiger partial charge < -0.3 is 14.6 Å². The first kappa shape index (κ1) is 24.6. The Bertz CT molecular complexity index is 1840. The molecule has 2 aromatic carbocycles. The van der Waals surface area contributed by atoms with Crippen molar-refractivity contribution in [3.63, 3.8) is 0 Å². The third-order valence-electron chi connectivity index (χ3n) is 6.84. The number of rotatable bonds is 5. The van der Waals surface area contributed by atoms with Crippen molar-refractivity contribution < 1.29 is 24.2 Å². The van der Waals surface area contributed by atoms with Crippen LogP contribution in [0.2, 0.25) is 0 Å². The second-order valence-electron chi connectivity index (χ2n) is 9.23. The van der Waals surface area contributed by atoms with Crippen LogP contribution in [-0.4, -0.2) is 45.4 Å². The smallest absolute Gasteiger partial charge is 0.301 e. The molecule has 0 bridgehead atoms. The summed E-state index contributed by atoms with van der Waals surface area (Å²) in [4.78, 5) is 37.9. The zero-order chi connectivity index (χ0) is 27.4. The minimum absolute atomic E-state index is 0.0589. The fraction of sp³-hybridized carbons (Fsp3) is 0.172. The maximum Gasteiger partial charge on any atom is 0.301 e. The van der Waals surface area contributed by atoms with Crippen molar-refractivity contribution in [3.8, 4) is 11.5 Å². The van der Waals surface area contributed by atoms with E-state index in [0.717, 1.165) is 10.3 Å². The van der Waals surface area contributed by atoms with E-state index in [0.29, 0.717) is 44.7 Å². The number of amides is 1. The molecule has 1 unspecified atom stereocenters. The number of Topliss-reactive ketones (excluding diaryl/α,β-unsaturated/α-hetero) is 1. The lowest BCUT2D eigenvalue weighted by atomic mass is 9.96. The number of imidazole rings is 1. The van der Waals surface area contributed by atoms with Crippen molar-refractivity contribution in [1.29, 1.82) is 0 Å². The number of fused-ring (bicyclic) bond motifs is 2. The van der Waals surface area contributed by atoms with Gasteiger partial charge in [-0.15, -0.1) is 0 Å². The predicted octanol–water partition coefficient (Wildman–Crippen LogP) is 5.20. The second kappa shape index (κ2) is 9.25. The summed E-state index contributed by atoms with van der Waals surface area (Å²) in [7, 11) is 3.04. The van der Waals surface area contributed by atoms with Crippen molar-refractivity contribution >= 4 is 49.8 Å². The number of aryl methyl sites for hydroxylation is 2. The third-order valence-corrected chi connectivity index (χ3v) is 7.85. The highest BCUT2D eigenvalue weighted by atomic mass is 32.1. The van der Waals surface area contributed by atoms with Crippen molar-refractivity contribution in [1.82, 2.24) is 14.4 Å². The molecular formula is C29H24N4O5S. The summed E-state index contributed by atoms with van der Waals surface area (Å²) in [6.45, 7) is 3.73. The molecule has 39 heavy (non-hydrogen) atoms. The molecule has 1 amide bonds. The average Bonchev–Trinajstić information content (AvgIpc) is 3.58. The van der Waals surface area contributed by atoms with E-state index in [2.05, 4.69) is 4.98 Å². The summed E-state index contributed by atoms with van der Waals surface area (Å²) >= 11 is 1.31. The molecule has 6 rings (SSSR count). The minimum atomic E-state index is -0.972. The zero-order valence-electron chi connectivity index (χ0n) is 21.6. The Morgan fingerprint density at radius 2 is 1.77 bits per heavy atom. The lowest BCUT2D eigenvalue weighted by Gasteiger charge is -2.23. The van der Waals surface area contributed by atoms with Crippen LogP contribution < -0.4 is 14.4 Å². The Hall–Kier alpha value is -4.70. The maximum atomic E-state index is 13.7. The van der Waals surface area contributed by atoms with Crippen LogP contribution in [0.5, 0.6) is 11.5 Å². The molecule has 0 saturated carbocycles. The highest BCUT2D eigenvalue weighted by Gasteiger charge is 2.49. The van der Waals surface area contributed by atoms with Gasteiger partial charge in [-0.05, 0) is 61.4 Å². The second-order valence-corrected chi connectivity index (χ2v) is 10.2. The van der Waals surface area contributed by atoms with Gasteiger partial charge in [0, 0.05) is 6.20 Å². The maximum absolute atomic E-state index is 13.7. The highest BCUT2D eigenvalue weighted by Crippen LogP contribution is 2.46. The number of anilines is 1. The fourth-order valence-corrected chi connectivity index (χ4v) is 6.11. The first-order valence-corrected chi connectivity index (χ1v) is 13.0. The van der Waals surface area contributed by atoms with Gasteiger partial charge >= 0.3 is 5.91 Å². The van der Waals surface area contributed by atoms with Crippen LogP contribution in [0, 0.1) is 13.8 Å². The van der Waals surface area contributed by atoms with Gasteiger partial charge in [-0.25, -0.2) is 9.97 Å². The molecule has 1 fully saturated rings. The molecule has 1 saturated heterocycles. The number of benzene rings is 2. The Morgan fingerprint density at radius 1 is 0.974 bits per heavy atom. The average molecular weight is 541 g/mol.